The van der Waals surface area contributed by atoms with Crippen LogP contribution in [-0.4, -0.2) is 62.1 Å². The number of carbonyl (C=O) groups is 1. The molecule has 2 N–H and O–H groups in total. The summed E-state index contributed by atoms with van der Waals surface area (Å²) in [6, 6.07) is 0. The molecule has 6 heteroatoms. The van der Waals surface area contributed by atoms with Gasteiger partial charge in [-0.1, -0.05) is 6.92 Å². The molecule has 102 valence electrons. The molecule has 0 radical (unpaired) electrons. The van der Waals surface area contributed by atoms with Gasteiger partial charge in [0, 0.05) is 50.9 Å². The Balaban J connectivity index is 0.00000256. The molecule has 0 aliphatic carbocycles. The first-order chi connectivity index (χ1) is 7.74. The zero-order valence-electron chi connectivity index (χ0n) is 10.7. The van der Waals surface area contributed by atoms with Crippen molar-refractivity contribution in [2.24, 2.45) is 5.92 Å². The molecule has 1 atom stereocenters. The number of hydrogen-bond donors (Lipinski definition) is 2. The Morgan fingerprint density at radius 2 is 2.12 bits per heavy atom. The Kier molecular flexibility index (Phi) is 10.0. The third kappa shape index (κ3) is 7.13. The molecular weight excluding hydrogens is 258 g/mol. The normalized spacial score (nSPS) is 18.2. The number of carbonyl (C=O) groups excluding carboxylic acids is 1. The average molecular weight is 282 g/mol. The van der Waals surface area contributed by atoms with Crippen LogP contribution in [0, 0.1) is 5.92 Å². The van der Waals surface area contributed by atoms with Crippen molar-refractivity contribution in [3.05, 3.63) is 0 Å². The SMILES string of the molecule is CSCC(C)C(=O)NCCN1CCNCC1.Cl. The smallest absolute Gasteiger partial charge is 0.223 e. The van der Waals surface area contributed by atoms with Gasteiger partial charge in [0.15, 0.2) is 0 Å². The largest absolute Gasteiger partial charge is 0.355 e. The number of hydrogen-bond acceptors (Lipinski definition) is 4. The first-order valence-corrected chi connectivity index (χ1v) is 7.33. The summed E-state index contributed by atoms with van der Waals surface area (Å²) in [7, 11) is 0. The van der Waals surface area contributed by atoms with Crippen LogP contribution in [0.3, 0.4) is 0 Å². The molecule has 0 aromatic carbocycles. The maximum atomic E-state index is 11.6. The lowest BCUT2D eigenvalue weighted by molar-refractivity contribution is -0.123. The van der Waals surface area contributed by atoms with E-state index in [1.165, 1.54) is 0 Å². The lowest BCUT2D eigenvalue weighted by atomic mass is 10.2. The number of amides is 1. The third-order valence-electron chi connectivity index (χ3n) is 2.80. The van der Waals surface area contributed by atoms with Gasteiger partial charge in [-0.2, -0.15) is 11.8 Å². The predicted molar refractivity (Wildman–Crippen MR) is 77.1 cm³/mol. The van der Waals surface area contributed by atoms with Crippen molar-refractivity contribution in [1.82, 2.24) is 15.5 Å². The van der Waals surface area contributed by atoms with Gasteiger partial charge in [0.1, 0.15) is 0 Å². The quantitative estimate of drug-likeness (QED) is 0.741. The second-order valence-corrected chi connectivity index (χ2v) is 5.15. The van der Waals surface area contributed by atoms with E-state index in [1.54, 1.807) is 11.8 Å². The summed E-state index contributed by atoms with van der Waals surface area (Å²) in [5.74, 6) is 1.21. The highest BCUT2D eigenvalue weighted by atomic mass is 35.5. The fourth-order valence-corrected chi connectivity index (χ4v) is 2.42. The Labute approximate surface area is 115 Å². The lowest BCUT2D eigenvalue weighted by Gasteiger charge is -2.27. The Hall–Kier alpha value is 0.0300. The molecular formula is C11H24ClN3OS. The van der Waals surface area contributed by atoms with Gasteiger partial charge in [0.2, 0.25) is 5.91 Å². The second-order valence-electron chi connectivity index (χ2n) is 4.24. The number of nitrogens with one attached hydrogen (secondary N) is 2. The van der Waals surface area contributed by atoms with Crippen molar-refractivity contribution >= 4 is 30.1 Å². The molecule has 0 aromatic rings. The summed E-state index contributed by atoms with van der Waals surface area (Å²) in [5, 5.41) is 6.32. The zero-order valence-corrected chi connectivity index (χ0v) is 12.3. The fourth-order valence-electron chi connectivity index (χ4n) is 1.77. The summed E-state index contributed by atoms with van der Waals surface area (Å²) in [5.41, 5.74) is 0. The van der Waals surface area contributed by atoms with Crippen LogP contribution >= 0.6 is 24.2 Å². The number of nitrogens with zero attached hydrogens (tertiary/aromatic N) is 1. The molecule has 0 aromatic heterocycles. The summed E-state index contributed by atoms with van der Waals surface area (Å²) in [6.45, 7) is 8.05. The molecule has 1 fully saturated rings. The van der Waals surface area contributed by atoms with Crippen LogP contribution in [0.25, 0.3) is 0 Å². The molecule has 1 aliphatic rings. The fraction of sp³-hybridized carbons (Fsp3) is 0.909. The topological polar surface area (TPSA) is 44.4 Å². The minimum absolute atomic E-state index is 0. The lowest BCUT2D eigenvalue weighted by Crippen LogP contribution is -2.46. The van der Waals surface area contributed by atoms with Crippen LogP contribution < -0.4 is 10.6 Å². The van der Waals surface area contributed by atoms with Crippen LogP contribution in [0.5, 0.6) is 0 Å². The van der Waals surface area contributed by atoms with E-state index in [0.29, 0.717) is 0 Å². The van der Waals surface area contributed by atoms with Crippen molar-refractivity contribution in [2.75, 3.05) is 51.3 Å². The Bertz CT molecular complexity index is 213. The van der Waals surface area contributed by atoms with E-state index in [9.17, 15) is 4.79 Å². The first-order valence-electron chi connectivity index (χ1n) is 5.93. The highest BCUT2D eigenvalue weighted by Crippen LogP contribution is 2.03. The van der Waals surface area contributed by atoms with Crippen molar-refractivity contribution in [3.8, 4) is 0 Å². The first kappa shape index (κ1) is 17.0. The minimum atomic E-state index is 0. The number of halogens is 1. The maximum Gasteiger partial charge on any atom is 0.223 e. The van der Waals surface area contributed by atoms with E-state index < -0.39 is 0 Å². The van der Waals surface area contributed by atoms with E-state index in [-0.39, 0.29) is 24.2 Å². The Morgan fingerprint density at radius 3 is 2.71 bits per heavy atom. The van der Waals surface area contributed by atoms with Crippen molar-refractivity contribution in [3.63, 3.8) is 0 Å². The second kappa shape index (κ2) is 10.00. The highest BCUT2D eigenvalue weighted by molar-refractivity contribution is 7.98. The van der Waals surface area contributed by atoms with Crippen molar-refractivity contribution in [1.29, 1.82) is 0 Å². The van der Waals surface area contributed by atoms with Gasteiger partial charge in [-0.15, -0.1) is 12.4 Å². The number of thioether (sulfide) groups is 1. The van der Waals surface area contributed by atoms with Gasteiger partial charge in [-0.25, -0.2) is 0 Å². The summed E-state index contributed by atoms with van der Waals surface area (Å²) >= 11 is 1.72. The predicted octanol–water partition coefficient (Wildman–Crippen LogP) is 0.429. The van der Waals surface area contributed by atoms with Crippen LogP contribution in [-0.2, 0) is 4.79 Å². The standard InChI is InChI=1S/C11H23N3OS.ClH/c1-10(9-16-2)11(15)13-5-8-14-6-3-12-4-7-14;/h10,12H,3-9H2,1-2H3,(H,13,15);1H. The Morgan fingerprint density at radius 1 is 1.47 bits per heavy atom. The van der Waals surface area contributed by atoms with Crippen LogP contribution in [0.2, 0.25) is 0 Å². The van der Waals surface area contributed by atoms with Gasteiger partial charge in [0.05, 0.1) is 0 Å². The van der Waals surface area contributed by atoms with Gasteiger partial charge in [0.25, 0.3) is 0 Å². The van der Waals surface area contributed by atoms with Crippen LogP contribution in [0.1, 0.15) is 6.92 Å². The van der Waals surface area contributed by atoms with Crippen molar-refractivity contribution in [2.45, 2.75) is 6.92 Å². The zero-order chi connectivity index (χ0) is 11.8. The van der Waals surface area contributed by atoms with E-state index in [4.69, 9.17) is 0 Å². The van der Waals surface area contributed by atoms with Gasteiger partial charge in [-0.05, 0) is 6.26 Å². The van der Waals surface area contributed by atoms with Gasteiger partial charge >= 0.3 is 0 Å². The molecule has 0 spiro atoms. The molecule has 1 rings (SSSR count). The minimum Gasteiger partial charge on any atom is -0.355 e. The monoisotopic (exact) mass is 281 g/mol. The van der Waals surface area contributed by atoms with E-state index in [1.807, 2.05) is 13.2 Å². The average Bonchev–Trinajstić information content (AvgIpc) is 2.30. The van der Waals surface area contributed by atoms with Crippen LogP contribution in [0.15, 0.2) is 0 Å². The van der Waals surface area contributed by atoms with Crippen molar-refractivity contribution < 1.29 is 4.79 Å². The molecule has 0 saturated carbocycles. The molecule has 1 amide bonds. The molecule has 1 aliphatic heterocycles. The van der Waals surface area contributed by atoms with E-state index in [2.05, 4.69) is 15.5 Å². The molecule has 1 saturated heterocycles. The number of rotatable bonds is 6. The summed E-state index contributed by atoms with van der Waals surface area (Å²) in [6.07, 6.45) is 2.03. The molecule has 1 heterocycles. The van der Waals surface area contributed by atoms with Crippen LogP contribution in [0.4, 0.5) is 0 Å². The maximum absolute atomic E-state index is 11.6. The van der Waals surface area contributed by atoms with Gasteiger partial charge < -0.3 is 10.6 Å². The molecule has 17 heavy (non-hydrogen) atoms. The third-order valence-corrected chi connectivity index (χ3v) is 3.63. The molecule has 0 bridgehead atoms. The van der Waals surface area contributed by atoms with E-state index >= 15 is 0 Å². The summed E-state index contributed by atoms with van der Waals surface area (Å²) in [4.78, 5) is 14.0. The number of piperazine rings is 1. The van der Waals surface area contributed by atoms with E-state index in [0.717, 1.165) is 45.0 Å². The molecule has 4 nitrogen and oxygen atoms in total. The molecule has 1 unspecified atom stereocenters. The summed E-state index contributed by atoms with van der Waals surface area (Å²) < 4.78 is 0. The highest BCUT2D eigenvalue weighted by Gasteiger charge is 2.13. The van der Waals surface area contributed by atoms with Gasteiger partial charge in [-0.3, -0.25) is 9.69 Å².